The highest BCUT2D eigenvalue weighted by Gasteiger charge is 2.22. The lowest BCUT2D eigenvalue weighted by Crippen LogP contribution is -2.29. The van der Waals surface area contributed by atoms with Gasteiger partial charge in [0.05, 0.1) is 6.10 Å². The first-order valence-electron chi connectivity index (χ1n) is 5.71. The Labute approximate surface area is 95.4 Å². The van der Waals surface area contributed by atoms with Crippen LogP contribution in [0.5, 0.6) is 0 Å². The molecule has 0 aliphatic carbocycles. The Morgan fingerprint density at radius 3 is 2.94 bits per heavy atom. The monoisotopic (exact) mass is 222 g/mol. The van der Waals surface area contributed by atoms with Gasteiger partial charge in [-0.25, -0.2) is 0 Å². The second-order valence-electron chi connectivity index (χ2n) is 4.30. The molecule has 2 heterocycles. The molecule has 1 aliphatic rings. The first kappa shape index (κ1) is 11.4. The molecule has 4 heteroatoms. The van der Waals surface area contributed by atoms with Crippen LogP contribution in [0.15, 0.2) is 18.5 Å². The van der Waals surface area contributed by atoms with Crippen LogP contribution in [0.4, 0.5) is 5.69 Å². The van der Waals surface area contributed by atoms with Gasteiger partial charge in [-0.05, 0) is 30.4 Å². The van der Waals surface area contributed by atoms with E-state index in [0.717, 1.165) is 31.6 Å². The molecule has 1 aliphatic heterocycles. The number of aromatic nitrogens is 1. The Morgan fingerprint density at radius 2 is 2.25 bits per heavy atom. The second kappa shape index (κ2) is 5.27. The molecule has 88 valence electrons. The molecule has 4 nitrogen and oxygen atoms in total. The number of hydrogen-bond donors (Lipinski definition) is 2. The van der Waals surface area contributed by atoms with Gasteiger partial charge in [-0.2, -0.15) is 0 Å². The molecule has 1 atom stereocenters. The van der Waals surface area contributed by atoms with E-state index in [1.807, 2.05) is 0 Å². The summed E-state index contributed by atoms with van der Waals surface area (Å²) in [7, 11) is 0. The van der Waals surface area contributed by atoms with Crippen LogP contribution in [0.2, 0.25) is 0 Å². The molecule has 0 saturated carbocycles. The van der Waals surface area contributed by atoms with Gasteiger partial charge in [-0.3, -0.25) is 4.98 Å². The van der Waals surface area contributed by atoms with Crippen LogP contribution in [-0.4, -0.2) is 29.4 Å². The summed E-state index contributed by atoms with van der Waals surface area (Å²) in [6.45, 7) is 1.51. The Kier molecular flexibility index (Phi) is 3.74. The number of anilines is 1. The Bertz CT molecular complexity index is 338. The van der Waals surface area contributed by atoms with Gasteiger partial charge in [0.2, 0.25) is 0 Å². The molecule has 1 unspecified atom stereocenters. The third-order valence-electron chi connectivity index (χ3n) is 3.18. The molecule has 0 radical (unpaired) electrons. The average Bonchev–Trinajstić information content (AvgIpc) is 2.33. The van der Waals surface area contributed by atoms with E-state index in [1.165, 1.54) is 0 Å². The topological polar surface area (TPSA) is 68.4 Å². The lowest BCUT2D eigenvalue weighted by atomic mass is 9.90. The molecular weight excluding hydrogens is 204 g/mol. The number of nitrogens with two attached hydrogens (primary N) is 1. The van der Waals surface area contributed by atoms with Crippen LogP contribution in [0.3, 0.4) is 0 Å². The Balaban J connectivity index is 1.96. The minimum atomic E-state index is -0.338. The number of nitrogens with zero attached hydrogens (tertiary/aromatic N) is 1. The fraction of sp³-hybridized carbons (Fsp3) is 0.583. The van der Waals surface area contributed by atoms with Crippen molar-refractivity contribution in [3.05, 3.63) is 24.0 Å². The van der Waals surface area contributed by atoms with Crippen LogP contribution >= 0.6 is 0 Å². The second-order valence-corrected chi connectivity index (χ2v) is 4.30. The summed E-state index contributed by atoms with van der Waals surface area (Å²) in [5.74, 6) is 0.327. The molecule has 2 rings (SSSR count). The normalized spacial score (nSPS) is 19.6. The Hall–Kier alpha value is -1.13. The van der Waals surface area contributed by atoms with Gasteiger partial charge in [0.25, 0.3) is 0 Å². The highest BCUT2D eigenvalue weighted by atomic mass is 16.5. The first-order valence-corrected chi connectivity index (χ1v) is 5.71. The van der Waals surface area contributed by atoms with Crippen LogP contribution in [0, 0.1) is 5.92 Å². The summed E-state index contributed by atoms with van der Waals surface area (Å²) < 4.78 is 5.28. The quantitative estimate of drug-likeness (QED) is 0.800. The summed E-state index contributed by atoms with van der Waals surface area (Å²) in [6.07, 6.45) is 5.51. The lowest BCUT2D eigenvalue weighted by molar-refractivity contribution is 0.00843. The van der Waals surface area contributed by atoms with Crippen molar-refractivity contribution < 1.29 is 9.84 Å². The zero-order valence-corrected chi connectivity index (χ0v) is 9.30. The summed E-state index contributed by atoms with van der Waals surface area (Å²) >= 11 is 0. The van der Waals surface area contributed by atoms with Gasteiger partial charge in [-0.15, -0.1) is 0 Å². The number of nitrogen functional groups attached to an aromatic ring is 1. The number of aliphatic hydroxyl groups is 1. The predicted molar refractivity (Wildman–Crippen MR) is 61.9 cm³/mol. The first-order chi connectivity index (χ1) is 7.77. The van der Waals surface area contributed by atoms with Gasteiger partial charge < -0.3 is 15.6 Å². The SMILES string of the molecule is Nc1ccncc1CC(O)C1CCOCC1. The number of ether oxygens (including phenoxy) is 1. The van der Waals surface area contributed by atoms with Crippen molar-refractivity contribution in [1.29, 1.82) is 0 Å². The number of pyridine rings is 1. The fourth-order valence-corrected chi connectivity index (χ4v) is 2.10. The van der Waals surface area contributed by atoms with Gasteiger partial charge in [0.1, 0.15) is 0 Å². The van der Waals surface area contributed by atoms with E-state index in [9.17, 15) is 5.11 Å². The molecule has 1 aromatic rings. The molecule has 0 bridgehead atoms. The predicted octanol–water partition coefficient (Wildman–Crippen LogP) is 0.994. The maximum atomic E-state index is 10.1. The van der Waals surface area contributed by atoms with Crippen LogP contribution in [-0.2, 0) is 11.2 Å². The number of rotatable bonds is 3. The third kappa shape index (κ3) is 2.71. The summed E-state index contributed by atoms with van der Waals surface area (Å²) in [5, 5.41) is 10.1. The van der Waals surface area contributed by atoms with E-state index in [1.54, 1.807) is 18.5 Å². The van der Waals surface area contributed by atoms with Gasteiger partial charge in [0.15, 0.2) is 0 Å². The van der Waals surface area contributed by atoms with Crippen molar-refractivity contribution in [2.45, 2.75) is 25.4 Å². The van der Waals surface area contributed by atoms with E-state index in [4.69, 9.17) is 10.5 Å². The lowest BCUT2D eigenvalue weighted by Gasteiger charge is -2.26. The number of hydrogen-bond acceptors (Lipinski definition) is 4. The van der Waals surface area contributed by atoms with E-state index >= 15 is 0 Å². The standard InChI is InChI=1S/C12H18N2O2/c13-11-1-4-14-8-10(11)7-12(15)9-2-5-16-6-3-9/h1,4,8-9,12,15H,2-3,5-7H2,(H2,13,14). The molecule has 1 saturated heterocycles. The maximum Gasteiger partial charge on any atom is 0.0611 e. The van der Waals surface area contributed by atoms with Gasteiger partial charge >= 0.3 is 0 Å². The molecule has 1 aromatic heterocycles. The molecule has 0 amide bonds. The minimum absolute atomic E-state index is 0.327. The zero-order valence-electron chi connectivity index (χ0n) is 9.30. The van der Waals surface area contributed by atoms with Crippen LogP contribution < -0.4 is 5.73 Å². The molecule has 3 N–H and O–H groups in total. The Morgan fingerprint density at radius 1 is 1.50 bits per heavy atom. The molecule has 0 aromatic carbocycles. The van der Waals surface area contributed by atoms with E-state index in [-0.39, 0.29) is 6.10 Å². The zero-order chi connectivity index (χ0) is 11.4. The van der Waals surface area contributed by atoms with E-state index in [2.05, 4.69) is 4.98 Å². The van der Waals surface area contributed by atoms with Crippen LogP contribution in [0.1, 0.15) is 18.4 Å². The smallest absolute Gasteiger partial charge is 0.0611 e. The van der Waals surface area contributed by atoms with Gasteiger partial charge in [-0.1, -0.05) is 0 Å². The summed E-state index contributed by atoms with van der Waals surface area (Å²) in [6, 6.07) is 1.77. The summed E-state index contributed by atoms with van der Waals surface area (Å²) in [5.41, 5.74) is 7.46. The largest absolute Gasteiger partial charge is 0.398 e. The van der Waals surface area contributed by atoms with Crippen molar-refractivity contribution in [2.75, 3.05) is 18.9 Å². The molecule has 0 spiro atoms. The van der Waals surface area contributed by atoms with E-state index in [0.29, 0.717) is 18.0 Å². The van der Waals surface area contributed by atoms with Crippen molar-refractivity contribution >= 4 is 5.69 Å². The van der Waals surface area contributed by atoms with Gasteiger partial charge in [0, 0.05) is 37.7 Å². The highest BCUT2D eigenvalue weighted by Crippen LogP contribution is 2.22. The molecule has 1 fully saturated rings. The van der Waals surface area contributed by atoms with Crippen molar-refractivity contribution in [2.24, 2.45) is 5.92 Å². The van der Waals surface area contributed by atoms with Crippen LogP contribution in [0.25, 0.3) is 0 Å². The highest BCUT2D eigenvalue weighted by molar-refractivity contribution is 5.44. The average molecular weight is 222 g/mol. The van der Waals surface area contributed by atoms with Crippen molar-refractivity contribution in [3.63, 3.8) is 0 Å². The van der Waals surface area contributed by atoms with Crippen molar-refractivity contribution in [3.8, 4) is 0 Å². The molecule has 16 heavy (non-hydrogen) atoms. The minimum Gasteiger partial charge on any atom is -0.398 e. The third-order valence-corrected chi connectivity index (χ3v) is 3.18. The van der Waals surface area contributed by atoms with E-state index < -0.39 is 0 Å². The fourth-order valence-electron chi connectivity index (χ4n) is 2.10. The molecular formula is C12H18N2O2. The maximum absolute atomic E-state index is 10.1. The summed E-state index contributed by atoms with van der Waals surface area (Å²) in [4.78, 5) is 4.03. The number of aliphatic hydroxyl groups excluding tert-OH is 1. The van der Waals surface area contributed by atoms with Crippen molar-refractivity contribution in [1.82, 2.24) is 4.98 Å².